The maximum Gasteiger partial charge on any atom is 0.248 e. The number of amides is 2. The zero-order valence-corrected chi connectivity index (χ0v) is 16.1. The van der Waals surface area contributed by atoms with Crippen molar-refractivity contribution >= 4 is 11.8 Å². The summed E-state index contributed by atoms with van der Waals surface area (Å²) in [7, 11) is 1.52. The molecule has 3 rings (SSSR count). The van der Waals surface area contributed by atoms with Gasteiger partial charge in [-0.25, -0.2) is 0 Å². The van der Waals surface area contributed by atoms with Crippen molar-refractivity contribution in [1.82, 2.24) is 9.80 Å². The summed E-state index contributed by atoms with van der Waals surface area (Å²) in [6.07, 6.45) is 3.27. The minimum Gasteiger partial charge on any atom is -0.389 e. The molecule has 6 heteroatoms. The third-order valence-corrected chi connectivity index (χ3v) is 5.85. The molecule has 0 radical (unpaired) electrons. The second kappa shape index (κ2) is 8.85. The highest BCUT2D eigenvalue weighted by molar-refractivity contribution is 5.80. The van der Waals surface area contributed by atoms with Gasteiger partial charge in [0.1, 0.15) is 6.61 Å². The first-order valence-electron chi connectivity index (χ1n) is 9.82. The summed E-state index contributed by atoms with van der Waals surface area (Å²) in [5.74, 6) is 0.153. The molecule has 0 spiro atoms. The van der Waals surface area contributed by atoms with Crippen LogP contribution in [0.3, 0.4) is 0 Å². The average Bonchev–Trinajstić information content (AvgIpc) is 2.69. The lowest BCUT2D eigenvalue weighted by Crippen LogP contribution is -2.51. The Kier molecular flexibility index (Phi) is 6.50. The summed E-state index contributed by atoms with van der Waals surface area (Å²) < 4.78 is 4.90. The van der Waals surface area contributed by atoms with Gasteiger partial charge in [0.15, 0.2) is 0 Å². The number of likely N-dealkylation sites (tertiary alicyclic amines) is 2. The maximum atomic E-state index is 12.8. The summed E-state index contributed by atoms with van der Waals surface area (Å²) in [6.45, 7) is 2.54. The number of hydrogen-bond acceptors (Lipinski definition) is 4. The van der Waals surface area contributed by atoms with Crippen molar-refractivity contribution < 1.29 is 19.4 Å². The molecule has 1 aromatic carbocycles. The van der Waals surface area contributed by atoms with E-state index in [0.29, 0.717) is 58.3 Å². The van der Waals surface area contributed by atoms with Gasteiger partial charge < -0.3 is 19.6 Å². The van der Waals surface area contributed by atoms with Gasteiger partial charge in [-0.1, -0.05) is 30.3 Å². The molecule has 2 heterocycles. The lowest BCUT2D eigenvalue weighted by atomic mass is 9.84. The molecule has 0 unspecified atom stereocenters. The molecule has 6 nitrogen and oxygen atoms in total. The molecule has 0 aromatic heterocycles. The molecule has 0 atom stereocenters. The van der Waals surface area contributed by atoms with Crippen LogP contribution in [0.25, 0.3) is 0 Å². The van der Waals surface area contributed by atoms with E-state index in [2.05, 4.69) is 0 Å². The molecule has 1 aromatic rings. The second-order valence-electron chi connectivity index (χ2n) is 7.80. The Morgan fingerprint density at radius 3 is 2.30 bits per heavy atom. The Morgan fingerprint density at radius 2 is 1.70 bits per heavy atom. The largest absolute Gasteiger partial charge is 0.389 e. The highest BCUT2D eigenvalue weighted by Gasteiger charge is 2.36. The first-order chi connectivity index (χ1) is 13.0. The number of benzene rings is 1. The number of carbonyl (C=O) groups is 2. The molecular formula is C21H30N2O4. The van der Waals surface area contributed by atoms with Crippen molar-refractivity contribution in [1.29, 1.82) is 0 Å². The normalized spacial score (nSPS) is 20.5. The third kappa shape index (κ3) is 5.08. The van der Waals surface area contributed by atoms with Gasteiger partial charge in [-0.05, 0) is 31.2 Å². The lowest BCUT2D eigenvalue weighted by molar-refractivity contribution is -0.145. The monoisotopic (exact) mass is 374 g/mol. The van der Waals surface area contributed by atoms with Gasteiger partial charge in [0.2, 0.25) is 11.8 Å². The molecule has 1 N–H and O–H groups in total. The van der Waals surface area contributed by atoms with Crippen LogP contribution >= 0.6 is 0 Å². The highest BCUT2D eigenvalue weighted by atomic mass is 16.5. The van der Waals surface area contributed by atoms with Gasteiger partial charge in [-0.3, -0.25) is 9.59 Å². The van der Waals surface area contributed by atoms with Crippen LogP contribution in [0.2, 0.25) is 0 Å². The van der Waals surface area contributed by atoms with E-state index < -0.39 is 5.60 Å². The fraction of sp³-hybridized carbons (Fsp3) is 0.619. The minimum absolute atomic E-state index is 0.00709. The standard InChI is InChI=1S/C21H30N2O4/c1-27-16-19(24)22-11-7-18(8-12-22)20(25)23-13-9-21(26,10-14-23)15-17-5-3-2-4-6-17/h2-6,18,26H,7-16H2,1H3. The van der Waals surface area contributed by atoms with Gasteiger partial charge in [0.05, 0.1) is 5.60 Å². The van der Waals surface area contributed by atoms with Crippen molar-refractivity contribution in [3.05, 3.63) is 35.9 Å². The summed E-state index contributed by atoms with van der Waals surface area (Å²) in [6, 6.07) is 10.0. The lowest BCUT2D eigenvalue weighted by Gasteiger charge is -2.40. The minimum atomic E-state index is -0.728. The van der Waals surface area contributed by atoms with E-state index in [0.717, 1.165) is 5.56 Å². The van der Waals surface area contributed by atoms with Crippen molar-refractivity contribution in [2.45, 2.75) is 37.7 Å². The Morgan fingerprint density at radius 1 is 1.07 bits per heavy atom. The summed E-state index contributed by atoms with van der Waals surface area (Å²) in [5, 5.41) is 10.9. The van der Waals surface area contributed by atoms with Gasteiger partial charge >= 0.3 is 0 Å². The molecule has 2 aliphatic rings. The average molecular weight is 374 g/mol. The van der Waals surface area contributed by atoms with Crippen LogP contribution in [0, 0.1) is 5.92 Å². The molecule has 0 aliphatic carbocycles. The first kappa shape index (κ1) is 19.8. The molecule has 2 amide bonds. The smallest absolute Gasteiger partial charge is 0.248 e. The van der Waals surface area contributed by atoms with Gasteiger partial charge in [-0.15, -0.1) is 0 Å². The van der Waals surface area contributed by atoms with Crippen molar-refractivity contribution in [2.24, 2.45) is 5.92 Å². The van der Waals surface area contributed by atoms with E-state index in [1.807, 2.05) is 35.2 Å². The number of hydrogen-bond donors (Lipinski definition) is 1. The molecule has 2 aliphatic heterocycles. The number of methoxy groups -OCH3 is 1. The molecule has 148 valence electrons. The van der Waals surface area contributed by atoms with E-state index in [1.54, 1.807) is 4.90 Å². The fourth-order valence-electron chi connectivity index (χ4n) is 4.14. The Balaban J connectivity index is 1.47. The zero-order valence-electron chi connectivity index (χ0n) is 16.1. The van der Waals surface area contributed by atoms with Crippen molar-refractivity contribution in [3.63, 3.8) is 0 Å². The van der Waals surface area contributed by atoms with Crippen molar-refractivity contribution in [3.8, 4) is 0 Å². The van der Waals surface area contributed by atoms with Gasteiger partial charge in [-0.2, -0.15) is 0 Å². The van der Waals surface area contributed by atoms with Crippen LogP contribution in [0.1, 0.15) is 31.2 Å². The first-order valence-corrected chi connectivity index (χ1v) is 9.82. The second-order valence-corrected chi connectivity index (χ2v) is 7.80. The highest BCUT2D eigenvalue weighted by Crippen LogP contribution is 2.28. The number of aliphatic hydroxyl groups is 1. The van der Waals surface area contributed by atoms with Crippen LogP contribution in [0.4, 0.5) is 0 Å². The Labute approximate surface area is 161 Å². The predicted molar refractivity (Wildman–Crippen MR) is 102 cm³/mol. The number of carbonyl (C=O) groups excluding carboxylic acids is 2. The number of piperidine rings is 2. The van der Waals surface area contributed by atoms with E-state index >= 15 is 0 Å². The molecule has 2 fully saturated rings. The van der Waals surface area contributed by atoms with Gasteiger partial charge in [0, 0.05) is 45.6 Å². The van der Waals surface area contributed by atoms with Crippen LogP contribution in [-0.4, -0.2) is 72.2 Å². The SMILES string of the molecule is COCC(=O)N1CCC(C(=O)N2CCC(O)(Cc3ccccc3)CC2)CC1. The quantitative estimate of drug-likeness (QED) is 0.847. The molecule has 2 saturated heterocycles. The van der Waals surface area contributed by atoms with Crippen LogP contribution in [0.15, 0.2) is 30.3 Å². The van der Waals surface area contributed by atoms with E-state index in [-0.39, 0.29) is 24.3 Å². The molecule has 27 heavy (non-hydrogen) atoms. The predicted octanol–water partition coefficient (Wildman–Crippen LogP) is 1.47. The molecule has 0 saturated carbocycles. The van der Waals surface area contributed by atoms with E-state index in [4.69, 9.17) is 4.74 Å². The van der Waals surface area contributed by atoms with E-state index in [1.165, 1.54) is 7.11 Å². The van der Waals surface area contributed by atoms with Gasteiger partial charge in [0.25, 0.3) is 0 Å². The van der Waals surface area contributed by atoms with Crippen LogP contribution in [-0.2, 0) is 20.7 Å². The number of ether oxygens (including phenoxy) is 1. The number of rotatable bonds is 5. The topological polar surface area (TPSA) is 70.1 Å². The molecule has 0 bridgehead atoms. The maximum absolute atomic E-state index is 12.8. The Hall–Kier alpha value is -1.92. The fourth-order valence-corrected chi connectivity index (χ4v) is 4.14. The molecular weight excluding hydrogens is 344 g/mol. The third-order valence-electron chi connectivity index (χ3n) is 5.85. The van der Waals surface area contributed by atoms with Crippen molar-refractivity contribution in [2.75, 3.05) is 39.9 Å². The van der Waals surface area contributed by atoms with Crippen LogP contribution in [0.5, 0.6) is 0 Å². The summed E-state index contributed by atoms with van der Waals surface area (Å²) >= 11 is 0. The summed E-state index contributed by atoms with van der Waals surface area (Å²) in [4.78, 5) is 28.4. The Bertz CT molecular complexity index is 633. The zero-order chi connectivity index (χ0) is 19.3. The number of nitrogens with zero attached hydrogens (tertiary/aromatic N) is 2. The summed E-state index contributed by atoms with van der Waals surface area (Å²) in [5.41, 5.74) is 0.404. The van der Waals surface area contributed by atoms with Crippen LogP contribution < -0.4 is 0 Å². The van der Waals surface area contributed by atoms with E-state index in [9.17, 15) is 14.7 Å².